The topological polar surface area (TPSA) is 62.9 Å². The van der Waals surface area contributed by atoms with Gasteiger partial charge in [-0.15, -0.1) is 0 Å². The van der Waals surface area contributed by atoms with Crippen LogP contribution in [0.3, 0.4) is 0 Å². The van der Waals surface area contributed by atoms with Crippen LogP contribution in [-0.2, 0) is 4.74 Å². The zero-order valence-electron chi connectivity index (χ0n) is 10.4. The number of nitrogens with zero attached hydrogens (tertiary/aromatic N) is 2. The number of guanidine groups is 1. The SMILES string of the molecule is CCCCN=C(NN)N1CCC(OC)CC1. The predicted octanol–water partition coefficient (Wildman–Crippen LogP) is 0.717. The summed E-state index contributed by atoms with van der Waals surface area (Å²) in [5.41, 5.74) is 2.70. The van der Waals surface area contributed by atoms with E-state index in [0.29, 0.717) is 6.10 Å². The molecule has 0 unspecified atom stereocenters. The van der Waals surface area contributed by atoms with Crippen molar-refractivity contribution in [2.24, 2.45) is 10.8 Å². The molecule has 1 fully saturated rings. The molecule has 0 atom stereocenters. The number of hydrogen-bond acceptors (Lipinski definition) is 3. The minimum atomic E-state index is 0.394. The molecule has 5 heteroatoms. The maximum absolute atomic E-state index is 5.50. The third-order valence-electron chi connectivity index (χ3n) is 2.98. The van der Waals surface area contributed by atoms with Gasteiger partial charge in [0.1, 0.15) is 0 Å². The van der Waals surface area contributed by atoms with Crippen LogP contribution in [0.4, 0.5) is 0 Å². The van der Waals surface area contributed by atoms with Crippen LogP contribution in [0, 0.1) is 0 Å². The van der Waals surface area contributed by atoms with E-state index in [1.54, 1.807) is 7.11 Å². The fourth-order valence-corrected chi connectivity index (χ4v) is 1.88. The van der Waals surface area contributed by atoms with Crippen LogP contribution in [0.25, 0.3) is 0 Å². The molecule has 94 valence electrons. The number of methoxy groups -OCH3 is 1. The fraction of sp³-hybridized carbons (Fsp3) is 0.909. The average molecular weight is 228 g/mol. The highest BCUT2D eigenvalue weighted by Crippen LogP contribution is 2.12. The molecule has 0 aromatic rings. The molecule has 0 aromatic heterocycles. The van der Waals surface area contributed by atoms with Crippen LogP contribution < -0.4 is 11.3 Å². The van der Waals surface area contributed by atoms with Crippen molar-refractivity contribution in [3.05, 3.63) is 0 Å². The largest absolute Gasteiger partial charge is 0.381 e. The van der Waals surface area contributed by atoms with Crippen LogP contribution in [0.5, 0.6) is 0 Å². The van der Waals surface area contributed by atoms with Crippen molar-refractivity contribution in [2.45, 2.75) is 38.7 Å². The van der Waals surface area contributed by atoms with Crippen LogP contribution in [0.2, 0.25) is 0 Å². The van der Waals surface area contributed by atoms with Crippen LogP contribution in [-0.4, -0.2) is 43.7 Å². The van der Waals surface area contributed by atoms with E-state index in [4.69, 9.17) is 10.6 Å². The Bertz CT molecular complexity index is 212. The summed E-state index contributed by atoms with van der Waals surface area (Å²) in [4.78, 5) is 6.67. The molecule has 1 saturated heterocycles. The lowest BCUT2D eigenvalue weighted by Gasteiger charge is -2.33. The van der Waals surface area contributed by atoms with Crippen molar-refractivity contribution in [3.8, 4) is 0 Å². The lowest BCUT2D eigenvalue weighted by atomic mass is 10.1. The first-order valence-electron chi connectivity index (χ1n) is 6.10. The Hall–Kier alpha value is -0.810. The molecule has 16 heavy (non-hydrogen) atoms. The zero-order chi connectivity index (χ0) is 11.8. The second-order valence-electron chi connectivity index (χ2n) is 4.13. The molecule has 1 aliphatic heterocycles. The molecule has 1 aliphatic rings. The van der Waals surface area contributed by atoms with E-state index in [1.807, 2.05) is 0 Å². The van der Waals surface area contributed by atoms with Crippen molar-refractivity contribution < 1.29 is 4.74 Å². The number of piperidine rings is 1. The molecule has 0 radical (unpaired) electrons. The summed E-state index contributed by atoms with van der Waals surface area (Å²) in [7, 11) is 1.78. The second-order valence-corrected chi connectivity index (χ2v) is 4.13. The minimum Gasteiger partial charge on any atom is -0.381 e. The summed E-state index contributed by atoms with van der Waals surface area (Å²) in [5.74, 6) is 6.32. The molecular formula is C11H24N4O. The Morgan fingerprint density at radius 3 is 2.69 bits per heavy atom. The Labute approximate surface area is 98.0 Å². The fourth-order valence-electron chi connectivity index (χ4n) is 1.88. The molecule has 0 spiro atoms. The molecule has 0 saturated carbocycles. The highest BCUT2D eigenvalue weighted by atomic mass is 16.5. The van der Waals surface area contributed by atoms with Gasteiger partial charge in [-0.3, -0.25) is 10.4 Å². The first-order valence-corrected chi connectivity index (χ1v) is 6.10. The van der Waals surface area contributed by atoms with E-state index < -0.39 is 0 Å². The van der Waals surface area contributed by atoms with Gasteiger partial charge in [-0.05, 0) is 19.3 Å². The Morgan fingerprint density at radius 1 is 1.50 bits per heavy atom. The summed E-state index contributed by atoms with van der Waals surface area (Å²) in [6.07, 6.45) is 4.76. The number of rotatable bonds is 4. The number of nitrogens with one attached hydrogen (secondary N) is 1. The highest BCUT2D eigenvalue weighted by Gasteiger charge is 2.20. The predicted molar refractivity (Wildman–Crippen MR) is 66.1 cm³/mol. The van der Waals surface area contributed by atoms with Crippen molar-refractivity contribution in [2.75, 3.05) is 26.7 Å². The van der Waals surface area contributed by atoms with Gasteiger partial charge in [0, 0.05) is 26.7 Å². The van der Waals surface area contributed by atoms with Gasteiger partial charge in [-0.2, -0.15) is 0 Å². The second kappa shape index (κ2) is 7.46. The standard InChI is InChI=1S/C11H24N4O/c1-3-4-7-13-11(14-12)15-8-5-10(16-2)6-9-15/h10H,3-9,12H2,1-2H3,(H,13,14). The van der Waals surface area contributed by atoms with E-state index in [-0.39, 0.29) is 0 Å². The first-order chi connectivity index (χ1) is 7.81. The number of hydrazine groups is 1. The van der Waals surface area contributed by atoms with E-state index in [1.165, 1.54) is 0 Å². The van der Waals surface area contributed by atoms with Gasteiger partial charge in [0.15, 0.2) is 0 Å². The van der Waals surface area contributed by atoms with Gasteiger partial charge >= 0.3 is 0 Å². The van der Waals surface area contributed by atoms with E-state index in [0.717, 1.165) is 51.3 Å². The van der Waals surface area contributed by atoms with E-state index in [2.05, 4.69) is 22.2 Å². The Morgan fingerprint density at radius 2 is 2.19 bits per heavy atom. The van der Waals surface area contributed by atoms with Gasteiger partial charge in [0.05, 0.1) is 6.10 Å². The monoisotopic (exact) mass is 228 g/mol. The summed E-state index contributed by atoms with van der Waals surface area (Å²) in [5, 5.41) is 0. The molecule has 1 rings (SSSR count). The summed E-state index contributed by atoms with van der Waals surface area (Å²) in [6, 6.07) is 0. The Kier molecular flexibility index (Phi) is 6.18. The third kappa shape index (κ3) is 3.98. The quantitative estimate of drug-likeness (QED) is 0.245. The van der Waals surface area contributed by atoms with Gasteiger partial charge in [0.2, 0.25) is 5.96 Å². The minimum absolute atomic E-state index is 0.394. The number of aliphatic imine (C=N–C) groups is 1. The van der Waals surface area contributed by atoms with E-state index in [9.17, 15) is 0 Å². The van der Waals surface area contributed by atoms with Crippen molar-refractivity contribution >= 4 is 5.96 Å². The third-order valence-corrected chi connectivity index (χ3v) is 2.98. The number of unbranched alkanes of at least 4 members (excludes halogenated alkanes) is 1. The van der Waals surface area contributed by atoms with Crippen LogP contribution in [0.1, 0.15) is 32.6 Å². The van der Waals surface area contributed by atoms with Crippen molar-refractivity contribution in [1.82, 2.24) is 10.3 Å². The van der Waals surface area contributed by atoms with E-state index >= 15 is 0 Å². The highest BCUT2D eigenvalue weighted by molar-refractivity contribution is 5.79. The van der Waals surface area contributed by atoms with Crippen molar-refractivity contribution in [3.63, 3.8) is 0 Å². The van der Waals surface area contributed by atoms with Gasteiger partial charge in [-0.1, -0.05) is 13.3 Å². The van der Waals surface area contributed by atoms with Gasteiger partial charge < -0.3 is 9.64 Å². The molecule has 0 aliphatic carbocycles. The molecular weight excluding hydrogens is 204 g/mol. The summed E-state index contributed by atoms with van der Waals surface area (Å²) >= 11 is 0. The molecule has 0 amide bonds. The van der Waals surface area contributed by atoms with Gasteiger partial charge in [0.25, 0.3) is 0 Å². The smallest absolute Gasteiger partial charge is 0.208 e. The molecule has 0 aromatic carbocycles. The maximum Gasteiger partial charge on any atom is 0.208 e. The molecule has 0 bridgehead atoms. The van der Waals surface area contributed by atoms with Gasteiger partial charge in [-0.25, -0.2) is 5.84 Å². The molecule has 1 heterocycles. The number of ether oxygens (including phenoxy) is 1. The number of hydrogen-bond donors (Lipinski definition) is 2. The summed E-state index contributed by atoms with van der Waals surface area (Å²) in [6.45, 7) is 4.94. The lowest BCUT2D eigenvalue weighted by molar-refractivity contribution is 0.0570. The average Bonchev–Trinajstić information content (AvgIpc) is 2.35. The van der Waals surface area contributed by atoms with Crippen LogP contribution in [0.15, 0.2) is 4.99 Å². The number of likely N-dealkylation sites (tertiary alicyclic amines) is 1. The number of nitrogens with two attached hydrogens (primary N) is 1. The first kappa shape index (κ1) is 13.3. The zero-order valence-corrected chi connectivity index (χ0v) is 10.4. The normalized spacial score (nSPS) is 18.9. The molecule has 5 nitrogen and oxygen atoms in total. The Balaban J connectivity index is 2.39. The maximum atomic E-state index is 5.50. The molecule has 3 N–H and O–H groups in total. The van der Waals surface area contributed by atoms with Crippen molar-refractivity contribution in [1.29, 1.82) is 0 Å². The van der Waals surface area contributed by atoms with Crippen LogP contribution >= 0.6 is 0 Å². The lowest BCUT2D eigenvalue weighted by Crippen LogP contribution is -2.49. The summed E-state index contributed by atoms with van der Waals surface area (Å²) < 4.78 is 5.33.